The molecule has 0 unspecified atom stereocenters. The Labute approximate surface area is 110 Å². The maximum absolute atomic E-state index is 11.8. The van der Waals surface area contributed by atoms with Crippen LogP contribution in [0.15, 0.2) is 24.7 Å². The van der Waals surface area contributed by atoms with Gasteiger partial charge in [0.15, 0.2) is 9.84 Å². The van der Waals surface area contributed by atoms with Crippen molar-refractivity contribution in [2.24, 2.45) is 0 Å². The molecule has 8 heteroatoms. The number of aromatic nitrogens is 3. The quantitative estimate of drug-likeness (QED) is 0.826. The maximum atomic E-state index is 11.8. The maximum Gasteiger partial charge on any atom is 0.271 e. The zero-order chi connectivity index (χ0) is 13.9. The van der Waals surface area contributed by atoms with Crippen LogP contribution in [-0.4, -0.2) is 46.7 Å². The molecule has 0 saturated heterocycles. The van der Waals surface area contributed by atoms with Crippen LogP contribution in [0.2, 0.25) is 0 Å². The number of fused-ring (bicyclic) bond motifs is 1. The van der Waals surface area contributed by atoms with Crippen molar-refractivity contribution in [3.8, 4) is 0 Å². The molecule has 0 aliphatic rings. The van der Waals surface area contributed by atoms with Crippen molar-refractivity contribution in [1.29, 1.82) is 0 Å². The van der Waals surface area contributed by atoms with Crippen LogP contribution in [0.25, 0.3) is 5.78 Å². The first-order chi connectivity index (χ1) is 9.02. The van der Waals surface area contributed by atoms with E-state index in [9.17, 15) is 13.2 Å². The number of rotatable bonds is 5. The third kappa shape index (κ3) is 3.28. The summed E-state index contributed by atoms with van der Waals surface area (Å²) in [5, 5.41) is 2.53. The smallest absolute Gasteiger partial charge is 0.271 e. The second-order valence-corrected chi connectivity index (χ2v) is 6.42. The Morgan fingerprint density at radius 2 is 2.26 bits per heavy atom. The van der Waals surface area contributed by atoms with Gasteiger partial charge in [-0.1, -0.05) is 6.92 Å². The lowest BCUT2D eigenvalue weighted by molar-refractivity contribution is 0.0951. The highest BCUT2D eigenvalue weighted by Crippen LogP contribution is 2.01. The Balaban J connectivity index is 2.00. The molecule has 0 fully saturated rings. The lowest BCUT2D eigenvalue weighted by Crippen LogP contribution is -2.29. The Bertz CT molecular complexity index is 660. The molecule has 0 aromatic carbocycles. The van der Waals surface area contributed by atoms with E-state index < -0.39 is 15.7 Å². The standard InChI is InChI=1S/C11H14N4O3S/c1-2-19(17,18)7-5-12-10(16)9-8-15-6-3-4-13-11(15)14-9/h3-4,6,8H,2,5,7H2,1H3,(H,12,16). The summed E-state index contributed by atoms with van der Waals surface area (Å²) in [5.41, 5.74) is 0.215. The minimum absolute atomic E-state index is 0.0686. The Kier molecular flexibility index (Phi) is 3.79. The summed E-state index contributed by atoms with van der Waals surface area (Å²) in [6.45, 7) is 1.65. The molecule has 2 heterocycles. The van der Waals surface area contributed by atoms with Gasteiger partial charge in [-0.05, 0) is 6.07 Å². The lowest BCUT2D eigenvalue weighted by atomic mass is 10.4. The molecule has 7 nitrogen and oxygen atoms in total. The van der Waals surface area contributed by atoms with Gasteiger partial charge in [-0.15, -0.1) is 0 Å². The van der Waals surface area contributed by atoms with Crippen LogP contribution < -0.4 is 5.32 Å². The van der Waals surface area contributed by atoms with E-state index in [1.54, 1.807) is 36.0 Å². The van der Waals surface area contributed by atoms with Crippen molar-refractivity contribution < 1.29 is 13.2 Å². The molecule has 0 saturated carbocycles. The summed E-state index contributed by atoms with van der Waals surface area (Å²) in [6, 6.07) is 1.73. The van der Waals surface area contributed by atoms with Crippen LogP contribution in [0.1, 0.15) is 17.4 Å². The molecule has 0 aliphatic heterocycles. The second kappa shape index (κ2) is 5.35. The molecule has 2 aromatic rings. The molecule has 0 atom stereocenters. The molecule has 0 bridgehead atoms. The highest BCUT2D eigenvalue weighted by molar-refractivity contribution is 7.91. The molecule has 1 amide bonds. The van der Waals surface area contributed by atoms with Gasteiger partial charge in [-0.2, -0.15) is 0 Å². The number of carbonyl (C=O) groups excluding carboxylic acids is 1. The van der Waals surface area contributed by atoms with Gasteiger partial charge in [-0.3, -0.25) is 9.20 Å². The van der Waals surface area contributed by atoms with E-state index in [1.807, 2.05) is 0 Å². The molecule has 19 heavy (non-hydrogen) atoms. The van der Waals surface area contributed by atoms with Crippen molar-refractivity contribution in [2.75, 3.05) is 18.1 Å². The van der Waals surface area contributed by atoms with Gasteiger partial charge in [0, 0.05) is 30.9 Å². The number of amides is 1. The van der Waals surface area contributed by atoms with E-state index in [2.05, 4.69) is 15.3 Å². The fraction of sp³-hybridized carbons (Fsp3) is 0.364. The third-order valence-electron chi connectivity index (χ3n) is 2.61. The van der Waals surface area contributed by atoms with Crippen LogP contribution in [-0.2, 0) is 9.84 Å². The van der Waals surface area contributed by atoms with E-state index >= 15 is 0 Å². The zero-order valence-corrected chi connectivity index (χ0v) is 11.2. The van der Waals surface area contributed by atoms with Gasteiger partial charge < -0.3 is 5.32 Å². The van der Waals surface area contributed by atoms with E-state index in [1.165, 1.54) is 0 Å². The number of imidazole rings is 1. The fourth-order valence-electron chi connectivity index (χ4n) is 1.49. The van der Waals surface area contributed by atoms with Crippen LogP contribution in [0.5, 0.6) is 0 Å². The summed E-state index contributed by atoms with van der Waals surface area (Å²) in [6.07, 6.45) is 4.86. The SMILES string of the molecule is CCS(=O)(=O)CCNC(=O)c1cn2cccnc2n1. The molecule has 1 N–H and O–H groups in total. The average molecular weight is 282 g/mol. The number of nitrogens with zero attached hydrogens (tertiary/aromatic N) is 3. The topological polar surface area (TPSA) is 93.4 Å². The van der Waals surface area contributed by atoms with Crippen molar-refractivity contribution in [3.63, 3.8) is 0 Å². The van der Waals surface area contributed by atoms with Crippen LogP contribution in [0.4, 0.5) is 0 Å². The minimum Gasteiger partial charge on any atom is -0.350 e. The normalized spacial score (nSPS) is 11.6. The van der Waals surface area contributed by atoms with Crippen molar-refractivity contribution >= 4 is 21.5 Å². The highest BCUT2D eigenvalue weighted by Gasteiger charge is 2.12. The Hall–Kier alpha value is -1.96. The largest absolute Gasteiger partial charge is 0.350 e. The first-order valence-corrected chi connectivity index (χ1v) is 7.62. The summed E-state index contributed by atoms with van der Waals surface area (Å²) < 4.78 is 24.2. The number of hydrogen-bond donors (Lipinski definition) is 1. The van der Waals surface area contributed by atoms with Gasteiger partial charge in [0.2, 0.25) is 5.78 Å². The van der Waals surface area contributed by atoms with E-state index in [-0.39, 0.29) is 23.7 Å². The number of hydrogen-bond acceptors (Lipinski definition) is 5. The summed E-state index contributed by atoms with van der Waals surface area (Å²) in [4.78, 5) is 19.8. The van der Waals surface area contributed by atoms with Crippen LogP contribution >= 0.6 is 0 Å². The fourth-order valence-corrected chi connectivity index (χ4v) is 2.20. The van der Waals surface area contributed by atoms with Gasteiger partial charge in [0.05, 0.1) is 5.75 Å². The molecule has 0 spiro atoms. The number of sulfone groups is 1. The van der Waals surface area contributed by atoms with Crippen LogP contribution in [0, 0.1) is 0 Å². The van der Waals surface area contributed by atoms with Gasteiger partial charge in [0.1, 0.15) is 5.69 Å². The third-order valence-corrected chi connectivity index (χ3v) is 4.31. The molecular formula is C11H14N4O3S. The van der Waals surface area contributed by atoms with Crippen molar-refractivity contribution in [2.45, 2.75) is 6.92 Å². The van der Waals surface area contributed by atoms with E-state index in [0.29, 0.717) is 5.78 Å². The first kappa shape index (κ1) is 13.5. The number of nitrogens with one attached hydrogen (secondary N) is 1. The lowest BCUT2D eigenvalue weighted by Gasteiger charge is -2.02. The Morgan fingerprint density at radius 1 is 1.47 bits per heavy atom. The van der Waals surface area contributed by atoms with E-state index in [0.717, 1.165) is 0 Å². The van der Waals surface area contributed by atoms with E-state index in [4.69, 9.17) is 0 Å². The van der Waals surface area contributed by atoms with Crippen LogP contribution in [0.3, 0.4) is 0 Å². The summed E-state index contributed by atoms with van der Waals surface area (Å²) in [7, 11) is -3.07. The van der Waals surface area contributed by atoms with Gasteiger partial charge >= 0.3 is 0 Å². The minimum atomic E-state index is -3.07. The van der Waals surface area contributed by atoms with Gasteiger partial charge in [0.25, 0.3) is 5.91 Å². The zero-order valence-electron chi connectivity index (χ0n) is 10.4. The van der Waals surface area contributed by atoms with Gasteiger partial charge in [-0.25, -0.2) is 18.4 Å². The molecule has 102 valence electrons. The number of carbonyl (C=O) groups is 1. The average Bonchev–Trinajstić information content (AvgIpc) is 2.82. The molecule has 2 rings (SSSR count). The highest BCUT2D eigenvalue weighted by atomic mass is 32.2. The Morgan fingerprint density at radius 3 is 2.95 bits per heavy atom. The molecule has 0 radical (unpaired) electrons. The molecule has 0 aliphatic carbocycles. The monoisotopic (exact) mass is 282 g/mol. The van der Waals surface area contributed by atoms with Crippen molar-refractivity contribution in [3.05, 3.63) is 30.4 Å². The first-order valence-electron chi connectivity index (χ1n) is 5.80. The molecular weight excluding hydrogens is 268 g/mol. The second-order valence-electron chi connectivity index (χ2n) is 3.95. The summed E-state index contributed by atoms with van der Waals surface area (Å²) >= 11 is 0. The predicted molar refractivity (Wildman–Crippen MR) is 69.6 cm³/mol. The van der Waals surface area contributed by atoms with Crippen molar-refractivity contribution in [1.82, 2.24) is 19.7 Å². The summed E-state index contributed by atoms with van der Waals surface area (Å²) in [5.74, 6) is 0.0211. The predicted octanol–water partition coefficient (Wildman–Crippen LogP) is -0.106. The molecule has 2 aromatic heterocycles.